The number of nitrogens with one attached hydrogen (secondary N) is 2. The third-order valence-electron chi connectivity index (χ3n) is 3.77. The molecule has 0 aliphatic carbocycles. The summed E-state index contributed by atoms with van der Waals surface area (Å²) in [5, 5.41) is 14.0. The molecule has 1 atom stereocenters. The minimum atomic E-state index is -0.418. The maximum Gasteiger partial charge on any atom is 0.271 e. The van der Waals surface area contributed by atoms with Crippen molar-refractivity contribution in [3.05, 3.63) is 70.0 Å². The van der Waals surface area contributed by atoms with Gasteiger partial charge in [0, 0.05) is 12.1 Å². The van der Waals surface area contributed by atoms with E-state index < -0.39 is 4.92 Å². The third-order valence-corrected chi connectivity index (χ3v) is 3.77. The second-order valence-corrected chi connectivity index (χ2v) is 5.42. The molecule has 2 aromatic carbocycles. The summed E-state index contributed by atoms with van der Waals surface area (Å²) in [7, 11) is 1.83. The molecule has 3 rings (SSSR count). The van der Waals surface area contributed by atoms with Crippen molar-refractivity contribution in [2.75, 3.05) is 13.7 Å². The first-order chi connectivity index (χ1) is 11.7. The Labute approximate surface area is 138 Å². The zero-order valence-corrected chi connectivity index (χ0v) is 13.2. The minimum Gasteiger partial charge on any atom is -0.375 e. The zero-order valence-electron chi connectivity index (χ0n) is 13.2. The Bertz CT molecular complexity index is 832. The van der Waals surface area contributed by atoms with Crippen LogP contribution in [0.3, 0.4) is 0 Å². The van der Waals surface area contributed by atoms with E-state index >= 15 is 0 Å². The van der Waals surface area contributed by atoms with Crippen LogP contribution in [0.2, 0.25) is 0 Å². The Balaban J connectivity index is 1.70. The molecular formula is C17H18N4O3. The largest absolute Gasteiger partial charge is 0.375 e. The molecule has 24 heavy (non-hydrogen) atoms. The lowest BCUT2D eigenvalue weighted by Crippen LogP contribution is -2.23. The molecule has 0 aliphatic rings. The van der Waals surface area contributed by atoms with Gasteiger partial charge in [-0.25, -0.2) is 4.98 Å². The Kier molecular flexibility index (Phi) is 4.83. The number of H-pyrrole nitrogens is 1. The average molecular weight is 326 g/mol. The molecule has 0 aliphatic heterocycles. The lowest BCUT2D eigenvalue weighted by Gasteiger charge is -2.14. The Hall–Kier alpha value is -2.77. The van der Waals surface area contributed by atoms with Crippen molar-refractivity contribution in [1.29, 1.82) is 0 Å². The van der Waals surface area contributed by atoms with Crippen molar-refractivity contribution >= 4 is 16.7 Å². The molecule has 2 N–H and O–H groups in total. The van der Waals surface area contributed by atoms with Crippen LogP contribution >= 0.6 is 0 Å². The number of non-ortho nitro benzene ring substituents is 1. The Morgan fingerprint density at radius 3 is 2.79 bits per heavy atom. The fourth-order valence-electron chi connectivity index (χ4n) is 2.46. The topological polar surface area (TPSA) is 93.1 Å². The summed E-state index contributed by atoms with van der Waals surface area (Å²) < 4.78 is 5.75. The molecular weight excluding hydrogens is 308 g/mol. The first-order valence-electron chi connectivity index (χ1n) is 7.60. The summed E-state index contributed by atoms with van der Waals surface area (Å²) in [6.07, 6.45) is 0. The molecule has 0 saturated carbocycles. The Morgan fingerprint density at radius 2 is 2.08 bits per heavy atom. The van der Waals surface area contributed by atoms with E-state index in [1.807, 2.05) is 37.4 Å². The number of likely N-dealkylation sites (N-methyl/N-ethyl adjacent to an activating group) is 1. The minimum absolute atomic E-state index is 0.0408. The number of hydrogen-bond acceptors (Lipinski definition) is 5. The van der Waals surface area contributed by atoms with Crippen LogP contribution in [0.4, 0.5) is 5.69 Å². The van der Waals surface area contributed by atoms with Crippen LogP contribution in [0.1, 0.15) is 17.4 Å². The molecule has 0 amide bonds. The van der Waals surface area contributed by atoms with E-state index in [9.17, 15) is 10.1 Å². The number of aromatic amines is 1. The average Bonchev–Trinajstić information content (AvgIpc) is 3.02. The van der Waals surface area contributed by atoms with Gasteiger partial charge in [-0.2, -0.15) is 0 Å². The smallest absolute Gasteiger partial charge is 0.271 e. The number of nitrogens with zero attached hydrogens (tertiary/aromatic N) is 2. The molecule has 7 nitrogen and oxygen atoms in total. The molecule has 0 bridgehead atoms. The molecule has 1 aromatic heterocycles. The number of nitro groups is 1. The van der Waals surface area contributed by atoms with Gasteiger partial charge >= 0.3 is 0 Å². The van der Waals surface area contributed by atoms with Gasteiger partial charge in [0.1, 0.15) is 5.82 Å². The van der Waals surface area contributed by atoms with E-state index in [1.54, 1.807) is 6.07 Å². The summed E-state index contributed by atoms with van der Waals surface area (Å²) in [5.41, 5.74) is 2.48. The maximum atomic E-state index is 10.9. The summed E-state index contributed by atoms with van der Waals surface area (Å²) in [5.74, 6) is 0.695. The SMILES string of the molecule is CNC(COCc1ccccc1)c1nc2ccc([N+](=O)[O-])cc2[nH]1. The van der Waals surface area contributed by atoms with E-state index in [0.717, 1.165) is 5.56 Å². The molecule has 1 heterocycles. The third kappa shape index (κ3) is 3.58. The molecule has 0 radical (unpaired) electrons. The van der Waals surface area contributed by atoms with Crippen LogP contribution in [0.15, 0.2) is 48.5 Å². The number of hydrogen-bond donors (Lipinski definition) is 2. The van der Waals surface area contributed by atoms with E-state index in [-0.39, 0.29) is 11.7 Å². The number of fused-ring (bicyclic) bond motifs is 1. The van der Waals surface area contributed by atoms with Crippen molar-refractivity contribution in [3.8, 4) is 0 Å². The van der Waals surface area contributed by atoms with E-state index in [1.165, 1.54) is 12.1 Å². The standard InChI is InChI=1S/C17H18N4O3/c1-18-16(11-24-10-12-5-3-2-4-6-12)17-19-14-8-7-13(21(22)23)9-15(14)20-17/h2-9,16,18H,10-11H2,1H3,(H,19,20). The first-order valence-corrected chi connectivity index (χ1v) is 7.60. The van der Waals surface area contributed by atoms with Gasteiger partial charge < -0.3 is 15.0 Å². The predicted molar refractivity (Wildman–Crippen MR) is 90.6 cm³/mol. The van der Waals surface area contributed by atoms with Gasteiger partial charge in [0.25, 0.3) is 5.69 Å². The molecule has 124 valence electrons. The van der Waals surface area contributed by atoms with Gasteiger partial charge in [-0.3, -0.25) is 10.1 Å². The van der Waals surface area contributed by atoms with Gasteiger partial charge in [0.2, 0.25) is 0 Å². The fourth-order valence-corrected chi connectivity index (χ4v) is 2.46. The first kappa shape index (κ1) is 16.1. The number of nitro benzene ring substituents is 1. The number of benzene rings is 2. The van der Waals surface area contributed by atoms with Crippen molar-refractivity contribution in [2.45, 2.75) is 12.6 Å². The van der Waals surface area contributed by atoms with Gasteiger partial charge in [0.15, 0.2) is 0 Å². The van der Waals surface area contributed by atoms with Gasteiger partial charge in [-0.1, -0.05) is 30.3 Å². The van der Waals surface area contributed by atoms with Crippen LogP contribution in [-0.4, -0.2) is 28.5 Å². The highest BCUT2D eigenvalue weighted by Crippen LogP contribution is 2.21. The monoisotopic (exact) mass is 326 g/mol. The van der Waals surface area contributed by atoms with E-state index in [0.29, 0.717) is 30.1 Å². The second-order valence-electron chi connectivity index (χ2n) is 5.42. The van der Waals surface area contributed by atoms with Gasteiger partial charge in [-0.15, -0.1) is 0 Å². The number of aromatic nitrogens is 2. The van der Waals surface area contributed by atoms with Crippen LogP contribution in [0, 0.1) is 10.1 Å². The van der Waals surface area contributed by atoms with Crippen LogP contribution in [0.25, 0.3) is 11.0 Å². The van der Waals surface area contributed by atoms with E-state index in [4.69, 9.17) is 4.74 Å². The maximum absolute atomic E-state index is 10.9. The van der Waals surface area contributed by atoms with Crippen LogP contribution < -0.4 is 5.32 Å². The van der Waals surface area contributed by atoms with Gasteiger partial charge in [-0.05, 0) is 18.7 Å². The quantitative estimate of drug-likeness (QED) is 0.514. The van der Waals surface area contributed by atoms with Crippen molar-refractivity contribution < 1.29 is 9.66 Å². The molecule has 0 spiro atoms. The van der Waals surface area contributed by atoms with Crippen LogP contribution in [-0.2, 0) is 11.3 Å². The lowest BCUT2D eigenvalue weighted by molar-refractivity contribution is -0.384. The van der Waals surface area contributed by atoms with E-state index in [2.05, 4.69) is 15.3 Å². The van der Waals surface area contributed by atoms with Crippen molar-refractivity contribution in [2.24, 2.45) is 0 Å². The summed E-state index contributed by atoms with van der Waals surface area (Å²) in [6.45, 7) is 0.956. The predicted octanol–water partition coefficient (Wildman–Crippen LogP) is 2.95. The molecule has 0 fully saturated rings. The zero-order chi connectivity index (χ0) is 16.9. The summed E-state index contributed by atoms with van der Waals surface area (Å²) in [6, 6.07) is 14.4. The second kappa shape index (κ2) is 7.20. The van der Waals surface area contributed by atoms with Gasteiger partial charge in [0.05, 0.1) is 35.2 Å². The van der Waals surface area contributed by atoms with Crippen molar-refractivity contribution in [3.63, 3.8) is 0 Å². The number of imidazole rings is 1. The molecule has 3 aromatic rings. The van der Waals surface area contributed by atoms with Crippen molar-refractivity contribution in [1.82, 2.24) is 15.3 Å². The molecule has 1 unspecified atom stereocenters. The summed E-state index contributed by atoms with van der Waals surface area (Å²) >= 11 is 0. The highest BCUT2D eigenvalue weighted by Gasteiger charge is 2.16. The molecule has 7 heteroatoms. The Morgan fingerprint density at radius 1 is 1.29 bits per heavy atom. The highest BCUT2D eigenvalue weighted by molar-refractivity contribution is 5.77. The number of ether oxygens (including phenoxy) is 1. The highest BCUT2D eigenvalue weighted by atomic mass is 16.6. The lowest BCUT2D eigenvalue weighted by atomic mass is 10.2. The van der Waals surface area contributed by atoms with Crippen LogP contribution in [0.5, 0.6) is 0 Å². The molecule has 0 saturated heterocycles. The summed E-state index contributed by atoms with van der Waals surface area (Å²) in [4.78, 5) is 18.1. The number of rotatable bonds is 7. The fraction of sp³-hybridized carbons (Fsp3) is 0.235. The normalized spacial score (nSPS) is 12.4.